The lowest BCUT2D eigenvalue weighted by molar-refractivity contribution is -0.120. The SMILES string of the molecule is CN(C)[C@@H](CNC(=O)Cc1ccc(-n2cccn2)cc1)c1ccco1. The van der Waals surface area contributed by atoms with Crippen LogP contribution in [0.25, 0.3) is 5.69 Å². The summed E-state index contributed by atoms with van der Waals surface area (Å²) in [4.78, 5) is 14.3. The Morgan fingerprint density at radius 1 is 1.24 bits per heavy atom. The Kier molecular flexibility index (Phi) is 5.30. The van der Waals surface area contributed by atoms with Crippen molar-refractivity contribution in [1.82, 2.24) is 20.0 Å². The van der Waals surface area contributed by atoms with Crippen molar-refractivity contribution in [2.45, 2.75) is 12.5 Å². The van der Waals surface area contributed by atoms with Crippen LogP contribution in [0.4, 0.5) is 0 Å². The second-order valence-electron chi connectivity index (χ2n) is 6.09. The standard InChI is InChI=1S/C19H22N4O2/c1-22(2)17(18-5-3-12-25-18)14-20-19(24)13-15-6-8-16(9-7-15)23-11-4-10-21-23/h3-12,17H,13-14H2,1-2H3,(H,20,24)/t17-/m0/s1. The minimum absolute atomic E-state index is 0.00903. The number of hydrogen-bond donors (Lipinski definition) is 1. The largest absolute Gasteiger partial charge is 0.468 e. The van der Waals surface area contributed by atoms with E-state index in [4.69, 9.17) is 4.42 Å². The zero-order chi connectivity index (χ0) is 17.6. The van der Waals surface area contributed by atoms with Gasteiger partial charge in [0, 0.05) is 18.9 Å². The van der Waals surface area contributed by atoms with Gasteiger partial charge in [0.2, 0.25) is 5.91 Å². The van der Waals surface area contributed by atoms with Crippen molar-refractivity contribution in [1.29, 1.82) is 0 Å². The number of furan rings is 1. The molecule has 3 aromatic rings. The molecule has 6 heteroatoms. The van der Waals surface area contributed by atoms with Gasteiger partial charge in [-0.05, 0) is 50.0 Å². The fourth-order valence-corrected chi connectivity index (χ4v) is 2.67. The number of aromatic nitrogens is 2. The lowest BCUT2D eigenvalue weighted by Crippen LogP contribution is -2.35. The Morgan fingerprint density at radius 3 is 2.64 bits per heavy atom. The first kappa shape index (κ1) is 17.0. The summed E-state index contributed by atoms with van der Waals surface area (Å²) in [5.74, 6) is 0.833. The summed E-state index contributed by atoms with van der Waals surface area (Å²) >= 11 is 0. The maximum atomic E-state index is 12.2. The Balaban J connectivity index is 1.55. The van der Waals surface area contributed by atoms with Crippen molar-refractivity contribution in [3.05, 3.63) is 72.4 Å². The van der Waals surface area contributed by atoms with E-state index < -0.39 is 0 Å². The Hall–Kier alpha value is -2.86. The molecule has 1 amide bonds. The summed E-state index contributed by atoms with van der Waals surface area (Å²) in [5.41, 5.74) is 1.94. The van der Waals surface area contributed by atoms with Crippen LogP contribution in [0.3, 0.4) is 0 Å². The highest BCUT2D eigenvalue weighted by atomic mass is 16.3. The molecule has 0 spiro atoms. The second kappa shape index (κ2) is 7.81. The quantitative estimate of drug-likeness (QED) is 0.719. The van der Waals surface area contributed by atoms with Crippen LogP contribution in [0.2, 0.25) is 0 Å². The van der Waals surface area contributed by atoms with Crippen LogP contribution in [-0.4, -0.2) is 41.2 Å². The molecule has 2 heterocycles. The summed E-state index contributed by atoms with van der Waals surface area (Å²) in [5, 5.41) is 7.18. The van der Waals surface area contributed by atoms with Crippen LogP contribution in [0.1, 0.15) is 17.4 Å². The predicted octanol–water partition coefficient (Wildman–Crippen LogP) is 2.43. The van der Waals surface area contributed by atoms with E-state index in [2.05, 4.69) is 10.4 Å². The Labute approximate surface area is 147 Å². The van der Waals surface area contributed by atoms with Crippen LogP contribution < -0.4 is 5.32 Å². The Morgan fingerprint density at radius 2 is 2.04 bits per heavy atom. The average molecular weight is 338 g/mol. The average Bonchev–Trinajstić information content (AvgIpc) is 3.29. The van der Waals surface area contributed by atoms with Crippen LogP contribution in [-0.2, 0) is 11.2 Å². The summed E-state index contributed by atoms with van der Waals surface area (Å²) in [6.07, 6.45) is 5.62. The molecule has 0 aliphatic rings. The van der Waals surface area contributed by atoms with Crippen LogP contribution in [0.15, 0.2) is 65.5 Å². The lowest BCUT2D eigenvalue weighted by atomic mass is 10.1. The van der Waals surface area contributed by atoms with E-state index in [0.717, 1.165) is 17.0 Å². The molecule has 130 valence electrons. The van der Waals surface area contributed by atoms with Gasteiger partial charge in [-0.2, -0.15) is 5.10 Å². The highest BCUT2D eigenvalue weighted by Gasteiger charge is 2.17. The zero-order valence-corrected chi connectivity index (χ0v) is 14.4. The minimum atomic E-state index is -0.00903. The van der Waals surface area contributed by atoms with E-state index in [0.29, 0.717) is 13.0 Å². The molecule has 0 saturated carbocycles. The van der Waals surface area contributed by atoms with Gasteiger partial charge >= 0.3 is 0 Å². The molecule has 1 N–H and O–H groups in total. The van der Waals surface area contributed by atoms with Crippen molar-refractivity contribution in [2.24, 2.45) is 0 Å². The Bertz CT molecular complexity index is 777. The number of benzene rings is 1. The molecule has 25 heavy (non-hydrogen) atoms. The van der Waals surface area contributed by atoms with E-state index in [1.165, 1.54) is 0 Å². The van der Waals surface area contributed by atoms with Crippen LogP contribution in [0, 0.1) is 0 Å². The maximum Gasteiger partial charge on any atom is 0.224 e. The molecule has 0 aliphatic carbocycles. The number of hydrogen-bond acceptors (Lipinski definition) is 4. The van der Waals surface area contributed by atoms with Gasteiger partial charge in [0.15, 0.2) is 0 Å². The van der Waals surface area contributed by atoms with Gasteiger partial charge in [-0.25, -0.2) is 4.68 Å². The van der Waals surface area contributed by atoms with Crippen molar-refractivity contribution < 1.29 is 9.21 Å². The lowest BCUT2D eigenvalue weighted by Gasteiger charge is -2.22. The van der Waals surface area contributed by atoms with Crippen LogP contribution in [0.5, 0.6) is 0 Å². The van der Waals surface area contributed by atoms with Gasteiger partial charge in [-0.15, -0.1) is 0 Å². The fraction of sp³-hybridized carbons (Fsp3) is 0.263. The predicted molar refractivity (Wildman–Crippen MR) is 95.4 cm³/mol. The first-order valence-electron chi connectivity index (χ1n) is 8.19. The molecule has 0 saturated heterocycles. The van der Waals surface area contributed by atoms with Gasteiger partial charge in [-0.1, -0.05) is 12.1 Å². The van der Waals surface area contributed by atoms with Gasteiger partial charge in [-0.3, -0.25) is 9.69 Å². The first-order chi connectivity index (χ1) is 12.1. The molecule has 1 aromatic carbocycles. The van der Waals surface area contributed by atoms with Crippen LogP contribution >= 0.6 is 0 Å². The molecule has 2 aromatic heterocycles. The normalized spacial score (nSPS) is 12.3. The maximum absolute atomic E-state index is 12.2. The highest BCUT2D eigenvalue weighted by Crippen LogP contribution is 2.17. The van der Waals surface area contributed by atoms with E-state index in [1.54, 1.807) is 17.1 Å². The number of nitrogens with one attached hydrogen (secondary N) is 1. The zero-order valence-electron chi connectivity index (χ0n) is 14.4. The number of amides is 1. The topological polar surface area (TPSA) is 63.3 Å². The third-order valence-corrected chi connectivity index (χ3v) is 4.06. The third-order valence-electron chi connectivity index (χ3n) is 4.06. The number of rotatable bonds is 7. The summed E-state index contributed by atoms with van der Waals surface area (Å²) in [7, 11) is 3.93. The van der Waals surface area contributed by atoms with Crippen molar-refractivity contribution in [2.75, 3.05) is 20.6 Å². The molecular formula is C19H22N4O2. The molecule has 1 atom stereocenters. The van der Waals surface area contributed by atoms with Gasteiger partial charge in [0.1, 0.15) is 5.76 Å². The fourth-order valence-electron chi connectivity index (χ4n) is 2.67. The highest BCUT2D eigenvalue weighted by molar-refractivity contribution is 5.78. The molecule has 0 bridgehead atoms. The minimum Gasteiger partial charge on any atom is -0.468 e. The van der Waals surface area contributed by atoms with Crippen molar-refractivity contribution in [3.63, 3.8) is 0 Å². The molecule has 0 aliphatic heterocycles. The number of nitrogens with zero attached hydrogens (tertiary/aromatic N) is 3. The second-order valence-corrected chi connectivity index (χ2v) is 6.09. The monoisotopic (exact) mass is 338 g/mol. The molecule has 0 radical (unpaired) electrons. The van der Waals surface area contributed by atoms with Gasteiger partial charge in [0.25, 0.3) is 0 Å². The van der Waals surface area contributed by atoms with E-state index in [-0.39, 0.29) is 11.9 Å². The van der Waals surface area contributed by atoms with E-state index >= 15 is 0 Å². The van der Waals surface area contributed by atoms with Crippen molar-refractivity contribution in [3.8, 4) is 5.69 Å². The van der Waals surface area contributed by atoms with Gasteiger partial charge in [0.05, 0.1) is 24.4 Å². The first-order valence-corrected chi connectivity index (χ1v) is 8.19. The van der Waals surface area contributed by atoms with E-state index in [9.17, 15) is 4.79 Å². The number of carbonyl (C=O) groups is 1. The molecule has 6 nitrogen and oxygen atoms in total. The molecule has 0 unspecified atom stereocenters. The molecule has 3 rings (SSSR count). The smallest absolute Gasteiger partial charge is 0.224 e. The van der Waals surface area contributed by atoms with E-state index in [1.807, 2.05) is 67.7 Å². The summed E-state index contributed by atoms with van der Waals surface area (Å²) < 4.78 is 7.24. The number of likely N-dealkylation sites (N-methyl/N-ethyl adjacent to an activating group) is 1. The molecular weight excluding hydrogens is 316 g/mol. The van der Waals surface area contributed by atoms with Crippen molar-refractivity contribution >= 4 is 5.91 Å². The van der Waals surface area contributed by atoms with Gasteiger partial charge < -0.3 is 9.73 Å². The third kappa shape index (κ3) is 4.36. The molecule has 0 fully saturated rings. The summed E-state index contributed by atoms with van der Waals surface area (Å²) in [6, 6.07) is 13.5. The summed E-state index contributed by atoms with van der Waals surface area (Å²) in [6.45, 7) is 0.505. The number of carbonyl (C=O) groups excluding carboxylic acids is 1.